The molecule has 0 fully saturated rings. The van der Waals surface area contributed by atoms with Crippen LogP contribution in [0.5, 0.6) is 0 Å². The van der Waals surface area contributed by atoms with Gasteiger partial charge in [-0.25, -0.2) is 4.57 Å². The third-order valence-corrected chi connectivity index (χ3v) is 6.21. The van der Waals surface area contributed by atoms with E-state index in [0.717, 1.165) is 38.5 Å². The van der Waals surface area contributed by atoms with Crippen molar-refractivity contribution in [3.8, 4) is 0 Å². The van der Waals surface area contributed by atoms with Gasteiger partial charge in [0.1, 0.15) is 6.61 Å². The normalized spacial score (nSPS) is 12.9. The van der Waals surface area contributed by atoms with E-state index in [1.54, 1.807) is 0 Å². The maximum atomic E-state index is 12.1. The fraction of sp³-hybridized carbons (Fsp3) is 0.786. The molecule has 0 aliphatic rings. The highest BCUT2D eigenvalue weighted by Crippen LogP contribution is 2.35. The van der Waals surface area contributed by atoms with Crippen molar-refractivity contribution in [2.24, 2.45) is 0 Å². The zero-order valence-corrected chi connectivity index (χ0v) is 24.0. The molecule has 0 saturated carbocycles. The quantitative estimate of drug-likeness (QED) is 0.0528. The number of allylic oxidation sites excluding steroid dienone is 4. The maximum absolute atomic E-state index is 12.1. The molecule has 37 heavy (non-hydrogen) atoms. The van der Waals surface area contributed by atoms with Gasteiger partial charge in [-0.15, -0.1) is 0 Å². The number of phosphoric ester groups is 1. The molecule has 0 aromatic carbocycles. The Bertz CT molecular complexity index is 671. The smallest absolute Gasteiger partial charge is 0.462 e. The van der Waals surface area contributed by atoms with Crippen LogP contribution in [0.4, 0.5) is 0 Å². The van der Waals surface area contributed by atoms with Crippen LogP contribution in [0, 0.1) is 0 Å². The van der Waals surface area contributed by atoms with Crippen molar-refractivity contribution in [2.75, 3.05) is 13.2 Å². The van der Waals surface area contributed by atoms with Crippen molar-refractivity contribution in [1.82, 2.24) is 0 Å². The average Bonchev–Trinajstić information content (AvgIpc) is 2.85. The second kappa shape index (κ2) is 24.8. The minimum atomic E-state index is -4.72. The van der Waals surface area contributed by atoms with Crippen LogP contribution in [0.1, 0.15) is 123 Å². The predicted octanol–water partition coefficient (Wildman–Crippen LogP) is 7.33. The Hall–Kier alpha value is -1.47. The van der Waals surface area contributed by atoms with E-state index in [-0.39, 0.29) is 19.4 Å². The van der Waals surface area contributed by atoms with Crippen LogP contribution in [-0.2, 0) is 28.2 Å². The van der Waals surface area contributed by atoms with E-state index in [2.05, 4.69) is 35.8 Å². The van der Waals surface area contributed by atoms with Crippen LogP contribution in [0.2, 0.25) is 0 Å². The second-order valence-electron chi connectivity index (χ2n) is 9.37. The summed E-state index contributed by atoms with van der Waals surface area (Å²) in [5.74, 6) is -0.938. The Morgan fingerprint density at radius 2 is 1.24 bits per heavy atom. The number of hydrogen-bond donors (Lipinski definition) is 2. The summed E-state index contributed by atoms with van der Waals surface area (Å²) in [6.45, 7) is 3.34. The highest BCUT2D eigenvalue weighted by molar-refractivity contribution is 7.46. The summed E-state index contributed by atoms with van der Waals surface area (Å²) >= 11 is 0. The van der Waals surface area contributed by atoms with Gasteiger partial charge >= 0.3 is 19.8 Å². The van der Waals surface area contributed by atoms with Gasteiger partial charge in [-0.3, -0.25) is 14.1 Å². The van der Waals surface area contributed by atoms with Crippen LogP contribution in [0.3, 0.4) is 0 Å². The summed E-state index contributed by atoms with van der Waals surface area (Å²) < 4.78 is 25.7. The molecule has 216 valence electrons. The molecule has 0 saturated heterocycles. The molecule has 8 nitrogen and oxygen atoms in total. The highest BCUT2D eigenvalue weighted by atomic mass is 31.2. The first-order chi connectivity index (χ1) is 17.8. The number of unbranched alkanes of at least 4 members (excludes halogenated alkanes) is 11. The summed E-state index contributed by atoms with van der Waals surface area (Å²) in [6, 6.07) is 0. The number of carbonyl (C=O) groups is 2. The third-order valence-electron chi connectivity index (χ3n) is 5.72. The van der Waals surface area contributed by atoms with Gasteiger partial charge in [0, 0.05) is 12.8 Å². The van der Waals surface area contributed by atoms with Crippen molar-refractivity contribution in [3.05, 3.63) is 24.3 Å². The number of hydrogen-bond acceptors (Lipinski definition) is 6. The number of carbonyl (C=O) groups excluding carboxylic acids is 2. The van der Waals surface area contributed by atoms with E-state index in [1.807, 2.05) is 6.92 Å². The largest absolute Gasteiger partial charge is 0.469 e. The van der Waals surface area contributed by atoms with Gasteiger partial charge in [-0.2, -0.15) is 0 Å². The Balaban J connectivity index is 3.88. The molecule has 0 aromatic heterocycles. The molecule has 0 spiro atoms. The first-order valence-corrected chi connectivity index (χ1v) is 15.7. The van der Waals surface area contributed by atoms with Gasteiger partial charge in [0.15, 0.2) is 6.10 Å². The summed E-state index contributed by atoms with van der Waals surface area (Å²) in [5, 5.41) is 0. The van der Waals surface area contributed by atoms with E-state index in [1.165, 1.54) is 44.9 Å². The van der Waals surface area contributed by atoms with E-state index >= 15 is 0 Å². The fourth-order valence-corrected chi connectivity index (χ4v) is 3.92. The van der Waals surface area contributed by atoms with Crippen LogP contribution in [-0.4, -0.2) is 41.0 Å². The molecule has 0 amide bonds. The lowest BCUT2D eigenvalue weighted by Gasteiger charge is -2.18. The van der Waals surface area contributed by atoms with Crippen molar-refractivity contribution in [2.45, 2.75) is 129 Å². The molecule has 0 aliphatic heterocycles. The van der Waals surface area contributed by atoms with E-state index in [0.29, 0.717) is 12.8 Å². The SMILES string of the molecule is CCCCC/C=C\C/C=C\CCCCCCCCCC(=O)OC(COC(=O)CCCC)COP(=O)(O)O. The fourth-order valence-electron chi connectivity index (χ4n) is 3.55. The zero-order valence-electron chi connectivity index (χ0n) is 23.1. The first kappa shape index (κ1) is 35.5. The average molecular weight is 547 g/mol. The number of phosphoric acid groups is 1. The van der Waals surface area contributed by atoms with E-state index in [9.17, 15) is 14.2 Å². The number of rotatable bonds is 25. The van der Waals surface area contributed by atoms with Crippen LogP contribution in [0.15, 0.2) is 24.3 Å². The van der Waals surface area contributed by atoms with Crippen molar-refractivity contribution in [3.63, 3.8) is 0 Å². The topological polar surface area (TPSA) is 119 Å². The zero-order chi connectivity index (χ0) is 27.6. The molecule has 9 heteroatoms. The molecular weight excluding hydrogens is 495 g/mol. The molecule has 0 heterocycles. The molecule has 0 radical (unpaired) electrons. The lowest BCUT2D eigenvalue weighted by atomic mass is 10.1. The lowest BCUT2D eigenvalue weighted by Crippen LogP contribution is -2.29. The van der Waals surface area contributed by atoms with Gasteiger partial charge < -0.3 is 19.3 Å². The van der Waals surface area contributed by atoms with E-state index < -0.39 is 32.5 Å². The third kappa shape index (κ3) is 27.4. The predicted molar refractivity (Wildman–Crippen MR) is 147 cm³/mol. The van der Waals surface area contributed by atoms with Crippen LogP contribution in [0.25, 0.3) is 0 Å². The molecule has 2 N–H and O–H groups in total. The maximum Gasteiger partial charge on any atom is 0.469 e. The van der Waals surface area contributed by atoms with Gasteiger partial charge in [0.2, 0.25) is 0 Å². The van der Waals surface area contributed by atoms with Crippen LogP contribution < -0.4 is 0 Å². The minimum absolute atomic E-state index is 0.202. The number of ether oxygens (including phenoxy) is 2. The molecule has 1 atom stereocenters. The molecule has 0 aliphatic carbocycles. The first-order valence-electron chi connectivity index (χ1n) is 14.1. The van der Waals surface area contributed by atoms with Gasteiger partial charge in [0.05, 0.1) is 6.61 Å². The molecule has 0 aromatic rings. The van der Waals surface area contributed by atoms with Crippen LogP contribution >= 0.6 is 7.82 Å². The van der Waals surface area contributed by atoms with Gasteiger partial charge in [-0.05, 0) is 44.9 Å². The van der Waals surface area contributed by atoms with Gasteiger partial charge in [0.25, 0.3) is 0 Å². The van der Waals surface area contributed by atoms with E-state index in [4.69, 9.17) is 19.3 Å². The van der Waals surface area contributed by atoms with Crippen molar-refractivity contribution >= 4 is 19.8 Å². The van der Waals surface area contributed by atoms with Crippen molar-refractivity contribution < 1.29 is 37.9 Å². The molecule has 0 bridgehead atoms. The monoisotopic (exact) mass is 546 g/mol. The summed E-state index contributed by atoms with van der Waals surface area (Å²) in [5.41, 5.74) is 0. The standard InChI is InChI=1S/C28H51O8P/c1-3-5-7-8-9-10-11-12-13-14-15-16-17-18-19-20-21-23-28(30)36-26(25-35-37(31,32)33)24-34-27(29)22-6-4-2/h9-10,12-13,26H,3-8,11,14-25H2,1-2H3,(H2,31,32,33)/b10-9-,13-12-. The molecular formula is C28H51O8P. The summed E-state index contributed by atoms with van der Waals surface area (Å²) in [7, 11) is -4.72. The number of esters is 2. The summed E-state index contributed by atoms with van der Waals surface area (Å²) in [6.07, 6.45) is 24.5. The Morgan fingerprint density at radius 1 is 0.703 bits per heavy atom. The minimum Gasteiger partial charge on any atom is -0.462 e. The van der Waals surface area contributed by atoms with Crippen molar-refractivity contribution in [1.29, 1.82) is 0 Å². The lowest BCUT2D eigenvalue weighted by molar-refractivity contribution is -0.161. The summed E-state index contributed by atoms with van der Waals surface area (Å²) in [4.78, 5) is 41.6. The highest BCUT2D eigenvalue weighted by Gasteiger charge is 2.22. The molecule has 1 unspecified atom stereocenters. The Kier molecular flexibility index (Phi) is 23.9. The Labute approximate surface area is 224 Å². The van der Waals surface area contributed by atoms with Gasteiger partial charge in [-0.1, -0.05) is 89.5 Å². The second-order valence-corrected chi connectivity index (χ2v) is 10.6. The molecule has 0 rings (SSSR count). The Morgan fingerprint density at radius 3 is 1.84 bits per heavy atom.